The molecule has 0 saturated carbocycles. The molecule has 1 amide bonds. The van der Waals surface area contributed by atoms with Gasteiger partial charge in [-0.1, -0.05) is 54.6 Å². The lowest BCUT2D eigenvalue weighted by molar-refractivity contribution is -0.126. The number of hydrogen-bond acceptors (Lipinski definition) is 2. The zero-order valence-corrected chi connectivity index (χ0v) is 13.7. The number of likely N-dealkylation sites (tertiary alicyclic amines) is 1. The molecule has 3 rings (SSSR count). The minimum Gasteiger partial charge on any atom is -0.350 e. The molecular formula is C20H24N2O. The van der Waals surface area contributed by atoms with Crippen molar-refractivity contribution in [3.05, 3.63) is 71.3 Å². The SMILES string of the molecule is Cc1ccccc1CNC(=O)C(c1ccccc1)N1CCCC1. The van der Waals surface area contributed by atoms with Gasteiger partial charge in [0.05, 0.1) is 0 Å². The minimum absolute atomic E-state index is 0.0985. The van der Waals surface area contributed by atoms with Gasteiger partial charge in [-0.2, -0.15) is 0 Å². The first-order valence-corrected chi connectivity index (χ1v) is 8.37. The number of carbonyl (C=O) groups is 1. The summed E-state index contributed by atoms with van der Waals surface area (Å²) in [4.78, 5) is 15.2. The number of benzene rings is 2. The van der Waals surface area contributed by atoms with E-state index in [1.807, 2.05) is 30.3 Å². The number of nitrogens with one attached hydrogen (secondary N) is 1. The molecule has 0 radical (unpaired) electrons. The average molecular weight is 308 g/mol. The molecule has 0 aromatic heterocycles. The average Bonchev–Trinajstić information content (AvgIpc) is 3.09. The maximum Gasteiger partial charge on any atom is 0.242 e. The summed E-state index contributed by atoms with van der Waals surface area (Å²) in [5.74, 6) is 0.0985. The second kappa shape index (κ2) is 7.42. The molecule has 2 aromatic rings. The zero-order valence-electron chi connectivity index (χ0n) is 13.7. The number of rotatable bonds is 5. The van der Waals surface area contributed by atoms with Gasteiger partial charge in [0.2, 0.25) is 5.91 Å². The van der Waals surface area contributed by atoms with Crippen molar-refractivity contribution in [1.29, 1.82) is 0 Å². The molecule has 1 N–H and O–H groups in total. The molecule has 23 heavy (non-hydrogen) atoms. The van der Waals surface area contributed by atoms with Crippen molar-refractivity contribution in [1.82, 2.24) is 10.2 Å². The summed E-state index contributed by atoms with van der Waals surface area (Å²) in [6.07, 6.45) is 2.35. The lowest BCUT2D eigenvalue weighted by atomic mass is 10.0. The Morgan fingerprint density at radius 1 is 1.04 bits per heavy atom. The topological polar surface area (TPSA) is 32.3 Å². The number of carbonyl (C=O) groups excluding carboxylic acids is 1. The van der Waals surface area contributed by atoms with E-state index in [9.17, 15) is 4.79 Å². The largest absolute Gasteiger partial charge is 0.350 e. The van der Waals surface area contributed by atoms with E-state index in [1.165, 1.54) is 24.0 Å². The molecular weight excluding hydrogens is 284 g/mol. The summed E-state index contributed by atoms with van der Waals surface area (Å²) in [5, 5.41) is 3.13. The third-order valence-corrected chi connectivity index (χ3v) is 4.58. The van der Waals surface area contributed by atoms with E-state index in [4.69, 9.17) is 0 Å². The third kappa shape index (κ3) is 3.80. The van der Waals surface area contributed by atoms with Crippen LogP contribution in [0.25, 0.3) is 0 Å². The number of amides is 1. The van der Waals surface area contributed by atoms with Gasteiger partial charge in [0.1, 0.15) is 6.04 Å². The second-order valence-electron chi connectivity index (χ2n) is 6.20. The standard InChI is InChI=1S/C20H24N2O/c1-16-9-5-6-12-18(16)15-21-20(23)19(22-13-7-8-14-22)17-10-3-2-4-11-17/h2-6,9-12,19H,7-8,13-15H2,1H3,(H,21,23). The van der Waals surface area contributed by atoms with E-state index in [0.717, 1.165) is 18.7 Å². The molecule has 1 aliphatic rings. The van der Waals surface area contributed by atoms with Gasteiger partial charge in [-0.05, 0) is 49.5 Å². The molecule has 0 aliphatic carbocycles. The van der Waals surface area contributed by atoms with Gasteiger partial charge in [0.15, 0.2) is 0 Å². The Balaban J connectivity index is 1.74. The Morgan fingerprint density at radius 2 is 1.70 bits per heavy atom. The molecule has 3 nitrogen and oxygen atoms in total. The fourth-order valence-corrected chi connectivity index (χ4v) is 3.25. The van der Waals surface area contributed by atoms with Crippen LogP contribution >= 0.6 is 0 Å². The molecule has 1 fully saturated rings. The normalized spacial score (nSPS) is 16.2. The van der Waals surface area contributed by atoms with Crippen LogP contribution in [0.1, 0.15) is 35.6 Å². The van der Waals surface area contributed by atoms with Crippen LogP contribution in [-0.4, -0.2) is 23.9 Å². The molecule has 120 valence electrons. The fourth-order valence-electron chi connectivity index (χ4n) is 3.25. The summed E-state index contributed by atoms with van der Waals surface area (Å²) in [6, 6.07) is 18.1. The first-order valence-electron chi connectivity index (χ1n) is 8.37. The predicted molar refractivity (Wildman–Crippen MR) is 93.0 cm³/mol. The van der Waals surface area contributed by atoms with Crippen LogP contribution in [-0.2, 0) is 11.3 Å². The molecule has 0 bridgehead atoms. The summed E-state index contributed by atoms with van der Waals surface area (Å²) in [7, 11) is 0. The highest BCUT2D eigenvalue weighted by Crippen LogP contribution is 2.25. The number of aryl methyl sites for hydroxylation is 1. The van der Waals surface area contributed by atoms with Crippen molar-refractivity contribution in [2.45, 2.75) is 32.4 Å². The van der Waals surface area contributed by atoms with E-state index in [2.05, 4.69) is 41.4 Å². The van der Waals surface area contributed by atoms with E-state index < -0.39 is 0 Å². The maximum atomic E-state index is 12.9. The summed E-state index contributed by atoms with van der Waals surface area (Å²) in [6.45, 7) is 4.66. The second-order valence-corrected chi connectivity index (χ2v) is 6.20. The van der Waals surface area contributed by atoms with Crippen LogP contribution in [0.3, 0.4) is 0 Å². The third-order valence-electron chi connectivity index (χ3n) is 4.58. The molecule has 1 atom stereocenters. The van der Waals surface area contributed by atoms with Crippen molar-refractivity contribution in [2.24, 2.45) is 0 Å². The van der Waals surface area contributed by atoms with Crippen molar-refractivity contribution in [3.8, 4) is 0 Å². The van der Waals surface area contributed by atoms with Crippen molar-refractivity contribution < 1.29 is 4.79 Å². The van der Waals surface area contributed by atoms with Gasteiger partial charge in [0.25, 0.3) is 0 Å². The Kier molecular flexibility index (Phi) is 5.09. The Hall–Kier alpha value is -2.13. The lowest BCUT2D eigenvalue weighted by Crippen LogP contribution is -2.39. The summed E-state index contributed by atoms with van der Waals surface area (Å²) in [5.41, 5.74) is 3.47. The van der Waals surface area contributed by atoms with Gasteiger partial charge in [0, 0.05) is 6.54 Å². The predicted octanol–water partition coefficient (Wildman–Crippen LogP) is 3.45. The Bertz CT molecular complexity index is 648. The first kappa shape index (κ1) is 15.8. The zero-order chi connectivity index (χ0) is 16.1. The minimum atomic E-state index is -0.178. The lowest BCUT2D eigenvalue weighted by Gasteiger charge is -2.27. The van der Waals surface area contributed by atoms with Crippen LogP contribution in [0.15, 0.2) is 54.6 Å². The van der Waals surface area contributed by atoms with Gasteiger partial charge >= 0.3 is 0 Å². The van der Waals surface area contributed by atoms with Crippen LogP contribution in [0.2, 0.25) is 0 Å². The van der Waals surface area contributed by atoms with Crippen LogP contribution in [0.5, 0.6) is 0 Å². The van der Waals surface area contributed by atoms with Gasteiger partial charge in [-0.3, -0.25) is 9.69 Å². The van der Waals surface area contributed by atoms with Crippen molar-refractivity contribution in [2.75, 3.05) is 13.1 Å². The van der Waals surface area contributed by atoms with Crippen LogP contribution < -0.4 is 5.32 Å². The molecule has 2 aromatic carbocycles. The van der Waals surface area contributed by atoms with E-state index in [0.29, 0.717) is 6.54 Å². The Labute approximate surface area is 138 Å². The van der Waals surface area contributed by atoms with E-state index >= 15 is 0 Å². The molecule has 0 spiro atoms. The molecule has 1 heterocycles. The molecule has 1 saturated heterocycles. The number of nitrogens with zero attached hydrogens (tertiary/aromatic N) is 1. The number of hydrogen-bond donors (Lipinski definition) is 1. The monoisotopic (exact) mass is 308 g/mol. The van der Waals surface area contributed by atoms with Crippen LogP contribution in [0, 0.1) is 6.92 Å². The highest BCUT2D eigenvalue weighted by Gasteiger charge is 2.29. The molecule has 1 unspecified atom stereocenters. The van der Waals surface area contributed by atoms with Gasteiger partial charge < -0.3 is 5.32 Å². The molecule has 1 aliphatic heterocycles. The maximum absolute atomic E-state index is 12.9. The van der Waals surface area contributed by atoms with E-state index in [-0.39, 0.29) is 11.9 Å². The van der Waals surface area contributed by atoms with Gasteiger partial charge in [-0.25, -0.2) is 0 Å². The quantitative estimate of drug-likeness (QED) is 0.917. The van der Waals surface area contributed by atoms with E-state index in [1.54, 1.807) is 0 Å². The highest BCUT2D eigenvalue weighted by atomic mass is 16.2. The smallest absolute Gasteiger partial charge is 0.242 e. The first-order chi connectivity index (χ1) is 11.3. The Morgan fingerprint density at radius 3 is 2.39 bits per heavy atom. The summed E-state index contributed by atoms with van der Waals surface area (Å²) >= 11 is 0. The van der Waals surface area contributed by atoms with Gasteiger partial charge in [-0.15, -0.1) is 0 Å². The van der Waals surface area contributed by atoms with Crippen molar-refractivity contribution >= 4 is 5.91 Å². The van der Waals surface area contributed by atoms with Crippen LogP contribution in [0.4, 0.5) is 0 Å². The highest BCUT2D eigenvalue weighted by molar-refractivity contribution is 5.83. The molecule has 3 heteroatoms. The van der Waals surface area contributed by atoms with Crippen molar-refractivity contribution in [3.63, 3.8) is 0 Å². The summed E-state index contributed by atoms with van der Waals surface area (Å²) < 4.78 is 0. The fraction of sp³-hybridized carbons (Fsp3) is 0.350.